The third kappa shape index (κ3) is 4.56. The first-order valence-electron chi connectivity index (χ1n) is 5.26. The number of rotatable bonds is 4. The minimum atomic E-state index is -0.112. The maximum Gasteiger partial charge on any atom is 0.231 e. The molecule has 0 fully saturated rings. The van der Waals surface area contributed by atoms with Crippen LogP contribution in [0.3, 0.4) is 0 Å². The van der Waals surface area contributed by atoms with Crippen LogP contribution in [0.5, 0.6) is 0 Å². The fourth-order valence-electron chi connectivity index (χ4n) is 1.45. The highest BCUT2D eigenvalue weighted by Gasteiger charge is 2.08. The first-order valence-corrected chi connectivity index (χ1v) is 6.38. The van der Waals surface area contributed by atoms with Crippen molar-refractivity contribution in [2.75, 3.05) is 10.6 Å². The van der Waals surface area contributed by atoms with Gasteiger partial charge in [-0.15, -0.1) is 0 Å². The van der Waals surface area contributed by atoms with Crippen LogP contribution in [-0.2, 0) is 9.59 Å². The molecule has 0 radical (unpaired) electrons. The number of halogens is 1. The lowest BCUT2D eigenvalue weighted by Crippen LogP contribution is -2.27. The zero-order chi connectivity index (χ0) is 12.8. The van der Waals surface area contributed by atoms with Crippen LogP contribution in [0, 0.1) is 0 Å². The Morgan fingerprint density at radius 3 is 2.71 bits per heavy atom. The van der Waals surface area contributed by atoms with E-state index in [9.17, 15) is 9.59 Å². The molecule has 0 aliphatic carbocycles. The van der Waals surface area contributed by atoms with E-state index in [1.54, 1.807) is 0 Å². The lowest BCUT2D eigenvalue weighted by molar-refractivity contribution is -0.119. The molecule has 0 spiro atoms. The van der Waals surface area contributed by atoms with E-state index in [0.29, 0.717) is 0 Å². The molecule has 0 heterocycles. The zero-order valence-corrected chi connectivity index (χ0v) is 11.4. The Kier molecular flexibility index (Phi) is 5.15. The van der Waals surface area contributed by atoms with E-state index >= 15 is 0 Å². The SMILES string of the molecule is CC(=O)Nc1cccc(C(C)NC(=O)CBr)c1. The molecule has 1 atom stereocenters. The van der Waals surface area contributed by atoms with Gasteiger partial charge in [0.2, 0.25) is 11.8 Å². The third-order valence-corrected chi connectivity index (χ3v) is 2.72. The smallest absolute Gasteiger partial charge is 0.231 e. The summed E-state index contributed by atoms with van der Waals surface area (Å²) in [5.74, 6) is -0.179. The van der Waals surface area contributed by atoms with Gasteiger partial charge < -0.3 is 10.6 Å². The molecule has 1 aromatic carbocycles. The highest BCUT2D eigenvalue weighted by molar-refractivity contribution is 9.09. The Balaban J connectivity index is 2.76. The minimum Gasteiger partial charge on any atom is -0.349 e. The summed E-state index contributed by atoms with van der Waals surface area (Å²) in [6.07, 6.45) is 0. The number of alkyl halides is 1. The lowest BCUT2D eigenvalue weighted by Gasteiger charge is -2.14. The van der Waals surface area contributed by atoms with Gasteiger partial charge in [0.25, 0.3) is 0 Å². The van der Waals surface area contributed by atoms with Gasteiger partial charge in [-0.25, -0.2) is 0 Å². The fourth-order valence-corrected chi connectivity index (χ4v) is 1.61. The van der Waals surface area contributed by atoms with Crippen molar-refractivity contribution in [2.45, 2.75) is 19.9 Å². The molecule has 1 aromatic rings. The van der Waals surface area contributed by atoms with Crippen LogP contribution in [0.1, 0.15) is 25.5 Å². The van der Waals surface area contributed by atoms with Crippen LogP contribution in [0.2, 0.25) is 0 Å². The number of amides is 2. The highest BCUT2D eigenvalue weighted by Crippen LogP contribution is 2.17. The second-order valence-electron chi connectivity index (χ2n) is 3.73. The van der Waals surface area contributed by atoms with E-state index in [2.05, 4.69) is 26.6 Å². The van der Waals surface area contributed by atoms with Gasteiger partial charge in [-0.3, -0.25) is 9.59 Å². The molecule has 0 saturated heterocycles. The summed E-state index contributed by atoms with van der Waals surface area (Å²) in [4.78, 5) is 22.2. The third-order valence-electron chi connectivity index (χ3n) is 2.21. The van der Waals surface area contributed by atoms with Crippen LogP contribution in [0.4, 0.5) is 5.69 Å². The molecule has 2 N–H and O–H groups in total. The van der Waals surface area contributed by atoms with Gasteiger partial charge in [-0.05, 0) is 24.6 Å². The fraction of sp³-hybridized carbons (Fsp3) is 0.333. The van der Waals surface area contributed by atoms with Gasteiger partial charge in [-0.1, -0.05) is 28.1 Å². The average molecular weight is 299 g/mol. The second kappa shape index (κ2) is 6.39. The number of hydrogen-bond donors (Lipinski definition) is 2. The van der Waals surface area contributed by atoms with E-state index in [-0.39, 0.29) is 23.2 Å². The quantitative estimate of drug-likeness (QED) is 0.838. The molecular formula is C12H15BrN2O2. The summed E-state index contributed by atoms with van der Waals surface area (Å²) in [5.41, 5.74) is 1.68. The predicted molar refractivity (Wildman–Crippen MR) is 71.1 cm³/mol. The molecule has 4 nitrogen and oxygen atoms in total. The average Bonchev–Trinajstić information content (AvgIpc) is 2.28. The van der Waals surface area contributed by atoms with Crippen molar-refractivity contribution in [1.29, 1.82) is 0 Å². The Hall–Kier alpha value is -1.36. The molecule has 1 rings (SSSR count). The Morgan fingerprint density at radius 1 is 1.41 bits per heavy atom. The van der Waals surface area contributed by atoms with E-state index in [1.165, 1.54) is 6.92 Å². The standard InChI is InChI=1S/C12H15BrN2O2/c1-8(14-12(17)7-13)10-4-3-5-11(6-10)15-9(2)16/h3-6,8H,7H2,1-2H3,(H,14,17)(H,15,16). The van der Waals surface area contributed by atoms with Crippen LogP contribution >= 0.6 is 15.9 Å². The van der Waals surface area contributed by atoms with Gasteiger partial charge in [-0.2, -0.15) is 0 Å². The lowest BCUT2D eigenvalue weighted by atomic mass is 10.1. The predicted octanol–water partition coefficient (Wildman–Crippen LogP) is 2.22. The molecule has 0 bridgehead atoms. The van der Waals surface area contributed by atoms with E-state index in [0.717, 1.165) is 11.3 Å². The summed E-state index contributed by atoms with van der Waals surface area (Å²) in [7, 11) is 0. The van der Waals surface area contributed by atoms with Gasteiger partial charge in [0.1, 0.15) is 0 Å². The summed E-state index contributed by atoms with van der Waals surface area (Å²) >= 11 is 3.09. The van der Waals surface area contributed by atoms with Crippen LogP contribution < -0.4 is 10.6 Å². The molecule has 5 heteroatoms. The summed E-state index contributed by atoms with van der Waals surface area (Å²) < 4.78 is 0. The van der Waals surface area contributed by atoms with Gasteiger partial charge in [0, 0.05) is 12.6 Å². The largest absolute Gasteiger partial charge is 0.349 e. The minimum absolute atomic E-state index is 0.0672. The van der Waals surface area contributed by atoms with Crippen molar-refractivity contribution >= 4 is 33.4 Å². The number of carbonyl (C=O) groups excluding carboxylic acids is 2. The van der Waals surface area contributed by atoms with Gasteiger partial charge in [0.05, 0.1) is 11.4 Å². The molecule has 0 aliphatic rings. The van der Waals surface area contributed by atoms with E-state index in [1.807, 2.05) is 31.2 Å². The Morgan fingerprint density at radius 2 is 2.12 bits per heavy atom. The highest BCUT2D eigenvalue weighted by atomic mass is 79.9. The van der Waals surface area contributed by atoms with Gasteiger partial charge >= 0.3 is 0 Å². The van der Waals surface area contributed by atoms with Crippen molar-refractivity contribution in [3.8, 4) is 0 Å². The van der Waals surface area contributed by atoms with Gasteiger partial charge in [0.15, 0.2) is 0 Å². The molecule has 17 heavy (non-hydrogen) atoms. The molecule has 0 aromatic heterocycles. The van der Waals surface area contributed by atoms with Crippen LogP contribution in [0.15, 0.2) is 24.3 Å². The van der Waals surface area contributed by atoms with Crippen LogP contribution in [0.25, 0.3) is 0 Å². The maximum absolute atomic E-state index is 11.2. The number of carbonyl (C=O) groups is 2. The molecule has 2 amide bonds. The molecule has 0 saturated carbocycles. The van der Waals surface area contributed by atoms with Crippen molar-refractivity contribution in [3.63, 3.8) is 0 Å². The van der Waals surface area contributed by atoms with Crippen molar-refractivity contribution in [2.24, 2.45) is 0 Å². The second-order valence-corrected chi connectivity index (χ2v) is 4.29. The first-order chi connectivity index (χ1) is 8.02. The summed E-state index contributed by atoms with van der Waals surface area (Å²) in [5, 5.41) is 5.81. The number of anilines is 1. The Labute approximate surface area is 109 Å². The molecular weight excluding hydrogens is 284 g/mol. The monoisotopic (exact) mass is 298 g/mol. The molecule has 1 unspecified atom stereocenters. The van der Waals surface area contributed by atoms with Crippen molar-refractivity contribution < 1.29 is 9.59 Å². The molecule has 92 valence electrons. The topological polar surface area (TPSA) is 58.2 Å². The van der Waals surface area contributed by atoms with E-state index < -0.39 is 0 Å². The zero-order valence-electron chi connectivity index (χ0n) is 9.79. The van der Waals surface area contributed by atoms with Crippen molar-refractivity contribution in [3.05, 3.63) is 29.8 Å². The van der Waals surface area contributed by atoms with Crippen LogP contribution in [-0.4, -0.2) is 17.1 Å². The normalized spacial score (nSPS) is 11.7. The Bertz CT molecular complexity index is 421. The summed E-state index contributed by atoms with van der Waals surface area (Å²) in [6.45, 7) is 3.36. The molecule has 0 aliphatic heterocycles. The number of hydrogen-bond acceptors (Lipinski definition) is 2. The number of nitrogens with one attached hydrogen (secondary N) is 2. The number of benzene rings is 1. The maximum atomic E-state index is 11.2. The van der Waals surface area contributed by atoms with E-state index in [4.69, 9.17) is 0 Å². The first kappa shape index (κ1) is 13.7. The van der Waals surface area contributed by atoms with Crippen molar-refractivity contribution in [1.82, 2.24) is 5.32 Å². The summed E-state index contributed by atoms with van der Waals surface area (Å²) in [6, 6.07) is 7.32.